The van der Waals surface area contributed by atoms with Crippen molar-refractivity contribution < 1.29 is 4.79 Å². The molecular formula is C10H16N4O. The van der Waals surface area contributed by atoms with Crippen LogP contribution in [0.5, 0.6) is 0 Å². The van der Waals surface area contributed by atoms with Crippen LogP contribution in [0.25, 0.3) is 0 Å². The van der Waals surface area contributed by atoms with Crippen LogP contribution in [-0.4, -0.2) is 21.9 Å². The first-order valence-corrected chi connectivity index (χ1v) is 4.87. The third-order valence-corrected chi connectivity index (χ3v) is 1.66. The normalized spacial score (nSPS) is 10.5. The minimum Gasteiger partial charge on any atom is -0.284 e. The van der Waals surface area contributed by atoms with E-state index in [1.54, 1.807) is 0 Å². The van der Waals surface area contributed by atoms with Gasteiger partial charge in [-0.25, -0.2) is 15.4 Å². The fraction of sp³-hybridized carbons (Fsp3) is 0.500. The van der Waals surface area contributed by atoms with Gasteiger partial charge >= 0.3 is 5.91 Å². The van der Waals surface area contributed by atoms with Crippen molar-refractivity contribution in [2.75, 3.05) is 0 Å². The van der Waals surface area contributed by atoms with Crippen molar-refractivity contribution in [3.63, 3.8) is 0 Å². The maximum Gasteiger partial charge on any atom is 0.303 e. The van der Waals surface area contributed by atoms with Crippen molar-refractivity contribution in [3.8, 4) is 0 Å². The number of aryl methyl sites for hydroxylation is 2. The fourth-order valence-electron chi connectivity index (χ4n) is 1.09. The Balaban J connectivity index is 2.73. The Bertz CT molecular complexity index is 342. The van der Waals surface area contributed by atoms with Gasteiger partial charge < -0.3 is 0 Å². The topological polar surface area (TPSA) is 66.9 Å². The van der Waals surface area contributed by atoms with E-state index in [1.807, 2.05) is 33.8 Å². The number of hydrogen-bond donors (Lipinski definition) is 2. The summed E-state index contributed by atoms with van der Waals surface area (Å²) in [4.78, 5) is 19.7. The quantitative estimate of drug-likeness (QED) is 0.719. The predicted octanol–water partition coefficient (Wildman–Crippen LogP) is 0.736. The average molecular weight is 208 g/mol. The van der Waals surface area contributed by atoms with E-state index in [0.29, 0.717) is 0 Å². The summed E-state index contributed by atoms with van der Waals surface area (Å²) in [5, 5.41) is 0. The van der Waals surface area contributed by atoms with Gasteiger partial charge in [0.05, 0.1) is 0 Å². The van der Waals surface area contributed by atoms with Crippen molar-refractivity contribution in [1.82, 2.24) is 20.8 Å². The first kappa shape index (κ1) is 11.6. The Morgan fingerprint density at radius 3 is 2.27 bits per heavy atom. The molecule has 0 aliphatic carbocycles. The van der Waals surface area contributed by atoms with E-state index >= 15 is 0 Å². The number of hydrogen-bond acceptors (Lipinski definition) is 4. The Labute approximate surface area is 89.3 Å². The molecule has 0 bridgehead atoms. The number of amides is 1. The van der Waals surface area contributed by atoms with E-state index < -0.39 is 0 Å². The summed E-state index contributed by atoms with van der Waals surface area (Å²) in [5.74, 6) is -0.115. The molecule has 0 aromatic carbocycles. The molecule has 0 atom stereocenters. The molecule has 0 fully saturated rings. The Kier molecular flexibility index (Phi) is 3.74. The zero-order chi connectivity index (χ0) is 11.4. The van der Waals surface area contributed by atoms with Gasteiger partial charge in [-0.05, 0) is 33.8 Å². The van der Waals surface area contributed by atoms with Crippen molar-refractivity contribution in [2.45, 2.75) is 33.7 Å². The van der Waals surface area contributed by atoms with Gasteiger partial charge in [-0.15, -0.1) is 0 Å². The molecule has 82 valence electrons. The summed E-state index contributed by atoms with van der Waals surface area (Å²) < 4.78 is 0. The van der Waals surface area contributed by atoms with Gasteiger partial charge in [-0.1, -0.05) is 0 Å². The van der Waals surface area contributed by atoms with E-state index in [1.165, 1.54) is 0 Å². The first-order chi connectivity index (χ1) is 6.99. The SMILES string of the molecule is Cc1cc(C)nc(C(=O)NNC(C)C)n1. The Hall–Kier alpha value is -1.49. The standard InChI is InChI=1S/C10H16N4O/c1-6(2)13-14-10(15)9-11-7(3)5-8(4)12-9/h5-6,13H,1-4H3,(H,14,15). The molecule has 1 rings (SSSR count). The van der Waals surface area contributed by atoms with E-state index in [2.05, 4.69) is 20.8 Å². The molecule has 5 heteroatoms. The lowest BCUT2D eigenvalue weighted by Crippen LogP contribution is -2.42. The van der Waals surface area contributed by atoms with Gasteiger partial charge in [0.15, 0.2) is 0 Å². The van der Waals surface area contributed by atoms with E-state index in [4.69, 9.17) is 0 Å². The van der Waals surface area contributed by atoms with Gasteiger partial charge in [0, 0.05) is 17.4 Å². The summed E-state index contributed by atoms with van der Waals surface area (Å²) in [7, 11) is 0. The maximum atomic E-state index is 11.6. The van der Waals surface area contributed by atoms with Gasteiger partial charge in [0.1, 0.15) is 0 Å². The minimum absolute atomic E-state index is 0.180. The molecule has 5 nitrogen and oxygen atoms in total. The van der Waals surface area contributed by atoms with Gasteiger partial charge in [-0.3, -0.25) is 10.2 Å². The lowest BCUT2D eigenvalue weighted by Gasteiger charge is -2.09. The second-order valence-electron chi connectivity index (χ2n) is 3.73. The number of rotatable bonds is 3. The predicted molar refractivity (Wildman–Crippen MR) is 57.2 cm³/mol. The maximum absolute atomic E-state index is 11.6. The molecule has 0 aliphatic heterocycles. The highest BCUT2D eigenvalue weighted by molar-refractivity contribution is 5.90. The van der Waals surface area contributed by atoms with Crippen molar-refractivity contribution in [2.24, 2.45) is 0 Å². The number of carbonyl (C=O) groups is 1. The van der Waals surface area contributed by atoms with Gasteiger partial charge in [0.2, 0.25) is 5.82 Å². The molecule has 1 amide bonds. The molecule has 15 heavy (non-hydrogen) atoms. The van der Waals surface area contributed by atoms with Crippen LogP contribution in [-0.2, 0) is 0 Å². The van der Waals surface area contributed by atoms with Crippen LogP contribution in [0.15, 0.2) is 6.07 Å². The zero-order valence-corrected chi connectivity index (χ0v) is 9.46. The zero-order valence-electron chi connectivity index (χ0n) is 9.46. The van der Waals surface area contributed by atoms with Crippen LogP contribution in [0.4, 0.5) is 0 Å². The van der Waals surface area contributed by atoms with Gasteiger partial charge in [-0.2, -0.15) is 0 Å². The number of aromatic nitrogens is 2. The molecule has 1 aromatic heterocycles. The smallest absolute Gasteiger partial charge is 0.284 e. The number of nitrogens with zero attached hydrogens (tertiary/aromatic N) is 2. The highest BCUT2D eigenvalue weighted by atomic mass is 16.2. The molecule has 1 heterocycles. The number of carbonyl (C=O) groups excluding carboxylic acids is 1. The summed E-state index contributed by atoms with van der Waals surface area (Å²) in [6.45, 7) is 7.54. The van der Waals surface area contributed by atoms with E-state index in [9.17, 15) is 4.79 Å². The van der Waals surface area contributed by atoms with Crippen LogP contribution in [0, 0.1) is 13.8 Å². The largest absolute Gasteiger partial charge is 0.303 e. The lowest BCUT2D eigenvalue weighted by atomic mass is 10.3. The summed E-state index contributed by atoms with van der Waals surface area (Å²) in [5.41, 5.74) is 6.92. The monoisotopic (exact) mass is 208 g/mol. The van der Waals surface area contributed by atoms with Crippen LogP contribution in [0.2, 0.25) is 0 Å². The summed E-state index contributed by atoms with van der Waals surface area (Å²) in [6.07, 6.45) is 0. The number of nitrogens with one attached hydrogen (secondary N) is 2. The third-order valence-electron chi connectivity index (χ3n) is 1.66. The second-order valence-corrected chi connectivity index (χ2v) is 3.73. The molecule has 0 saturated heterocycles. The molecule has 2 N–H and O–H groups in total. The van der Waals surface area contributed by atoms with Crippen LogP contribution in [0.3, 0.4) is 0 Å². The molecule has 1 aromatic rings. The van der Waals surface area contributed by atoms with E-state index in [-0.39, 0.29) is 17.8 Å². The second kappa shape index (κ2) is 4.84. The van der Waals surface area contributed by atoms with Crippen molar-refractivity contribution >= 4 is 5.91 Å². The van der Waals surface area contributed by atoms with Crippen molar-refractivity contribution in [1.29, 1.82) is 0 Å². The van der Waals surface area contributed by atoms with Crippen LogP contribution < -0.4 is 10.9 Å². The van der Waals surface area contributed by atoms with Crippen LogP contribution >= 0.6 is 0 Å². The third kappa shape index (κ3) is 3.63. The van der Waals surface area contributed by atoms with Crippen LogP contribution in [0.1, 0.15) is 35.9 Å². The highest BCUT2D eigenvalue weighted by Gasteiger charge is 2.09. The summed E-state index contributed by atoms with van der Waals surface area (Å²) in [6, 6.07) is 2.01. The molecule has 0 unspecified atom stereocenters. The minimum atomic E-state index is -0.310. The molecule has 0 saturated carbocycles. The van der Waals surface area contributed by atoms with E-state index in [0.717, 1.165) is 11.4 Å². The molecular weight excluding hydrogens is 192 g/mol. The number of hydrazine groups is 1. The molecule has 0 radical (unpaired) electrons. The highest BCUT2D eigenvalue weighted by Crippen LogP contribution is 1.98. The van der Waals surface area contributed by atoms with Gasteiger partial charge in [0.25, 0.3) is 0 Å². The Morgan fingerprint density at radius 1 is 1.27 bits per heavy atom. The Morgan fingerprint density at radius 2 is 1.80 bits per heavy atom. The average Bonchev–Trinajstić information content (AvgIpc) is 2.12. The first-order valence-electron chi connectivity index (χ1n) is 4.87. The summed E-state index contributed by atoms with van der Waals surface area (Å²) >= 11 is 0. The molecule has 0 spiro atoms. The lowest BCUT2D eigenvalue weighted by molar-refractivity contribution is 0.0916. The molecule has 0 aliphatic rings. The van der Waals surface area contributed by atoms with Crippen molar-refractivity contribution in [3.05, 3.63) is 23.3 Å². The fourth-order valence-corrected chi connectivity index (χ4v) is 1.09.